The van der Waals surface area contributed by atoms with Gasteiger partial charge in [-0.3, -0.25) is 4.79 Å². The summed E-state index contributed by atoms with van der Waals surface area (Å²) in [5.74, 6) is -0.970. The molecule has 2 aromatic rings. The largest absolute Gasteiger partial charge is 0.478 e. The van der Waals surface area contributed by atoms with Crippen molar-refractivity contribution in [1.29, 1.82) is 0 Å². The number of aryl methyl sites for hydroxylation is 1. The van der Waals surface area contributed by atoms with E-state index in [1.165, 1.54) is 12.3 Å². The number of carbonyl (C=O) groups excluding carboxylic acids is 1. The van der Waals surface area contributed by atoms with Gasteiger partial charge in [0, 0.05) is 18.2 Å². The zero-order chi connectivity index (χ0) is 15.2. The SMILES string of the molecule is Cc1ccoc1C(=O)NCc1cccc(C=CC(=O)O)c1. The van der Waals surface area contributed by atoms with Gasteiger partial charge >= 0.3 is 5.97 Å². The van der Waals surface area contributed by atoms with E-state index < -0.39 is 5.97 Å². The topological polar surface area (TPSA) is 79.5 Å². The lowest BCUT2D eigenvalue weighted by atomic mass is 10.1. The van der Waals surface area contributed by atoms with Crippen LogP contribution in [0.25, 0.3) is 6.08 Å². The van der Waals surface area contributed by atoms with Crippen molar-refractivity contribution >= 4 is 18.0 Å². The van der Waals surface area contributed by atoms with Crippen molar-refractivity contribution in [1.82, 2.24) is 5.32 Å². The Kier molecular flexibility index (Phi) is 4.56. The van der Waals surface area contributed by atoms with Crippen LogP contribution in [0.2, 0.25) is 0 Å². The molecule has 5 heteroatoms. The smallest absolute Gasteiger partial charge is 0.328 e. The van der Waals surface area contributed by atoms with Crippen LogP contribution in [0, 0.1) is 6.92 Å². The number of carboxylic acids is 1. The van der Waals surface area contributed by atoms with E-state index >= 15 is 0 Å². The fraction of sp³-hybridized carbons (Fsp3) is 0.125. The van der Waals surface area contributed by atoms with Gasteiger partial charge in [0.05, 0.1) is 6.26 Å². The minimum atomic E-state index is -0.998. The maximum atomic E-state index is 11.9. The van der Waals surface area contributed by atoms with Gasteiger partial charge in [0.25, 0.3) is 5.91 Å². The number of amides is 1. The van der Waals surface area contributed by atoms with Gasteiger partial charge in [0.15, 0.2) is 5.76 Å². The van der Waals surface area contributed by atoms with Crippen LogP contribution in [0.3, 0.4) is 0 Å². The van der Waals surface area contributed by atoms with Crippen molar-refractivity contribution < 1.29 is 19.1 Å². The molecule has 108 valence electrons. The van der Waals surface area contributed by atoms with Crippen LogP contribution in [0.1, 0.15) is 27.2 Å². The molecule has 0 spiro atoms. The second kappa shape index (κ2) is 6.56. The van der Waals surface area contributed by atoms with Crippen LogP contribution >= 0.6 is 0 Å². The zero-order valence-electron chi connectivity index (χ0n) is 11.5. The van der Waals surface area contributed by atoms with E-state index in [9.17, 15) is 9.59 Å². The highest BCUT2D eigenvalue weighted by molar-refractivity contribution is 5.92. The van der Waals surface area contributed by atoms with Gasteiger partial charge in [-0.05, 0) is 36.3 Å². The predicted octanol–water partition coefficient (Wildman–Crippen LogP) is 2.62. The lowest BCUT2D eigenvalue weighted by molar-refractivity contribution is -0.131. The Bertz CT molecular complexity index is 685. The van der Waals surface area contributed by atoms with Gasteiger partial charge in [-0.15, -0.1) is 0 Å². The highest BCUT2D eigenvalue weighted by Crippen LogP contribution is 2.10. The first-order chi connectivity index (χ1) is 10.1. The number of benzene rings is 1. The number of carbonyl (C=O) groups is 2. The Labute approximate surface area is 121 Å². The molecule has 5 nitrogen and oxygen atoms in total. The number of hydrogen-bond donors (Lipinski definition) is 2. The summed E-state index contributed by atoms with van der Waals surface area (Å²) in [5, 5.41) is 11.4. The quantitative estimate of drug-likeness (QED) is 0.828. The van der Waals surface area contributed by atoms with Crippen molar-refractivity contribution in [3.8, 4) is 0 Å². The molecular formula is C16H15NO4. The van der Waals surface area contributed by atoms with Crippen LogP contribution in [-0.4, -0.2) is 17.0 Å². The maximum absolute atomic E-state index is 11.9. The van der Waals surface area contributed by atoms with E-state index in [0.29, 0.717) is 12.3 Å². The minimum absolute atomic E-state index is 0.274. The molecule has 1 aromatic carbocycles. The Morgan fingerprint density at radius 1 is 1.33 bits per heavy atom. The molecule has 2 N–H and O–H groups in total. The Hall–Kier alpha value is -2.82. The van der Waals surface area contributed by atoms with Gasteiger partial charge in [0.1, 0.15) is 0 Å². The average molecular weight is 285 g/mol. The molecule has 2 rings (SSSR count). The van der Waals surface area contributed by atoms with Crippen molar-refractivity contribution in [3.63, 3.8) is 0 Å². The molecule has 0 radical (unpaired) electrons. The highest BCUT2D eigenvalue weighted by Gasteiger charge is 2.11. The molecule has 1 heterocycles. The van der Waals surface area contributed by atoms with Gasteiger partial charge in [-0.2, -0.15) is 0 Å². The first-order valence-electron chi connectivity index (χ1n) is 6.38. The summed E-state index contributed by atoms with van der Waals surface area (Å²) in [5.41, 5.74) is 2.42. The number of hydrogen-bond acceptors (Lipinski definition) is 3. The minimum Gasteiger partial charge on any atom is -0.478 e. The van der Waals surface area contributed by atoms with Crippen molar-refractivity contribution in [2.24, 2.45) is 0 Å². The summed E-state index contributed by atoms with van der Waals surface area (Å²) in [6, 6.07) is 9.00. The average Bonchev–Trinajstić information content (AvgIpc) is 2.89. The zero-order valence-corrected chi connectivity index (χ0v) is 11.5. The summed E-state index contributed by atoms with van der Waals surface area (Å²) < 4.78 is 5.11. The number of furan rings is 1. The summed E-state index contributed by atoms with van der Waals surface area (Å²) >= 11 is 0. The normalized spacial score (nSPS) is 10.7. The maximum Gasteiger partial charge on any atom is 0.328 e. The molecule has 0 fully saturated rings. The monoisotopic (exact) mass is 285 g/mol. The summed E-state index contributed by atoms with van der Waals surface area (Å²) in [6.07, 6.45) is 4.05. The molecule has 1 aromatic heterocycles. The molecular weight excluding hydrogens is 270 g/mol. The number of carboxylic acid groups (broad SMARTS) is 1. The molecule has 0 aliphatic carbocycles. The van der Waals surface area contributed by atoms with Crippen LogP contribution in [0.15, 0.2) is 47.1 Å². The van der Waals surface area contributed by atoms with Crippen LogP contribution in [0.4, 0.5) is 0 Å². The van der Waals surface area contributed by atoms with Crippen LogP contribution < -0.4 is 5.32 Å². The third-order valence-corrected chi connectivity index (χ3v) is 2.89. The predicted molar refractivity (Wildman–Crippen MR) is 77.7 cm³/mol. The van der Waals surface area contributed by atoms with E-state index in [0.717, 1.165) is 22.8 Å². The second-order valence-corrected chi connectivity index (χ2v) is 4.53. The highest BCUT2D eigenvalue weighted by atomic mass is 16.4. The molecule has 0 saturated heterocycles. The van der Waals surface area contributed by atoms with Gasteiger partial charge < -0.3 is 14.8 Å². The van der Waals surface area contributed by atoms with E-state index in [4.69, 9.17) is 9.52 Å². The standard InChI is InChI=1S/C16H15NO4/c1-11-7-8-21-15(11)16(20)17-10-13-4-2-3-12(9-13)5-6-14(18)19/h2-9H,10H2,1H3,(H,17,20)(H,18,19). The molecule has 0 atom stereocenters. The fourth-order valence-electron chi connectivity index (χ4n) is 1.84. The van der Waals surface area contributed by atoms with E-state index in [1.807, 2.05) is 12.1 Å². The van der Waals surface area contributed by atoms with E-state index in [-0.39, 0.29) is 5.91 Å². The van der Waals surface area contributed by atoms with Crippen LogP contribution in [0.5, 0.6) is 0 Å². The van der Waals surface area contributed by atoms with Crippen molar-refractivity contribution in [3.05, 3.63) is 65.1 Å². The molecule has 0 bridgehead atoms. The first-order valence-corrected chi connectivity index (χ1v) is 6.38. The molecule has 0 unspecified atom stereocenters. The molecule has 21 heavy (non-hydrogen) atoms. The molecule has 0 saturated carbocycles. The molecule has 0 aliphatic heterocycles. The third-order valence-electron chi connectivity index (χ3n) is 2.89. The number of rotatable bonds is 5. The van der Waals surface area contributed by atoms with Gasteiger partial charge in [-0.25, -0.2) is 4.79 Å². The lowest BCUT2D eigenvalue weighted by Crippen LogP contribution is -2.22. The molecule has 0 aliphatic rings. The van der Waals surface area contributed by atoms with Gasteiger partial charge in [-0.1, -0.05) is 18.2 Å². The summed E-state index contributed by atoms with van der Waals surface area (Å²) in [7, 11) is 0. The Morgan fingerprint density at radius 2 is 2.14 bits per heavy atom. The number of nitrogens with one attached hydrogen (secondary N) is 1. The Balaban J connectivity index is 2.00. The number of aliphatic carboxylic acids is 1. The van der Waals surface area contributed by atoms with E-state index in [1.54, 1.807) is 25.1 Å². The van der Waals surface area contributed by atoms with Crippen LogP contribution in [-0.2, 0) is 11.3 Å². The lowest BCUT2D eigenvalue weighted by Gasteiger charge is -2.05. The summed E-state index contributed by atoms with van der Waals surface area (Å²) in [4.78, 5) is 22.4. The fourth-order valence-corrected chi connectivity index (χ4v) is 1.84. The second-order valence-electron chi connectivity index (χ2n) is 4.53. The van der Waals surface area contributed by atoms with Crippen molar-refractivity contribution in [2.45, 2.75) is 13.5 Å². The Morgan fingerprint density at radius 3 is 2.81 bits per heavy atom. The summed E-state index contributed by atoms with van der Waals surface area (Å²) in [6.45, 7) is 2.14. The first kappa shape index (κ1) is 14.6. The van der Waals surface area contributed by atoms with Gasteiger partial charge in [0.2, 0.25) is 0 Å². The van der Waals surface area contributed by atoms with Crippen molar-refractivity contribution in [2.75, 3.05) is 0 Å². The third kappa shape index (κ3) is 4.07. The van der Waals surface area contributed by atoms with E-state index in [2.05, 4.69) is 5.32 Å². The molecule has 1 amide bonds.